The second-order valence-corrected chi connectivity index (χ2v) is 5.32. The van der Waals surface area contributed by atoms with Gasteiger partial charge >= 0.3 is 0 Å². The van der Waals surface area contributed by atoms with Gasteiger partial charge in [-0.3, -0.25) is 20.9 Å². The van der Waals surface area contributed by atoms with Crippen LogP contribution in [0.1, 0.15) is 17.3 Å². The summed E-state index contributed by atoms with van der Waals surface area (Å²) in [5.74, 6) is 5.75. The lowest BCUT2D eigenvalue weighted by molar-refractivity contribution is 0.532. The summed E-state index contributed by atoms with van der Waals surface area (Å²) in [7, 11) is 1.93. The Morgan fingerprint density at radius 3 is 2.90 bits per heavy atom. The van der Waals surface area contributed by atoms with Crippen molar-refractivity contribution in [1.29, 1.82) is 0 Å². The molecule has 108 valence electrons. The number of nitrogens with zero attached hydrogens (tertiary/aromatic N) is 3. The molecule has 21 heavy (non-hydrogen) atoms. The Morgan fingerprint density at radius 1 is 1.33 bits per heavy atom. The van der Waals surface area contributed by atoms with Gasteiger partial charge in [-0.15, -0.1) is 0 Å². The molecule has 0 saturated carbocycles. The van der Waals surface area contributed by atoms with Crippen LogP contribution in [0.2, 0.25) is 5.02 Å². The fraction of sp³-hybridized carbons (Fsp3) is 0.200. The molecule has 0 aliphatic carbocycles. The predicted molar refractivity (Wildman–Crippen MR) is 83.7 cm³/mol. The number of hydrazine groups is 1. The molecule has 0 aliphatic rings. The minimum Gasteiger partial charge on any atom is -0.271 e. The molecular weight excluding hydrogens is 286 g/mol. The molecular formula is C15H16ClN5. The summed E-state index contributed by atoms with van der Waals surface area (Å²) in [6.07, 6.45) is 4.02. The number of nitrogens with one attached hydrogen (secondary N) is 1. The highest BCUT2D eigenvalue weighted by Gasteiger charge is 2.19. The minimum atomic E-state index is -0.115. The van der Waals surface area contributed by atoms with Gasteiger partial charge in [0.15, 0.2) is 0 Å². The SMILES string of the molecule is Cn1nc(C(Cc2ccncc2Cl)NN)c2ccccc21. The van der Waals surface area contributed by atoms with Crippen molar-refractivity contribution in [2.75, 3.05) is 0 Å². The Hall–Kier alpha value is -1.95. The molecule has 0 aliphatic heterocycles. The number of aromatic nitrogens is 3. The van der Waals surface area contributed by atoms with Gasteiger partial charge in [0.25, 0.3) is 0 Å². The third-order valence-corrected chi connectivity index (χ3v) is 3.94. The van der Waals surface area contributed by atoms with Gasteiger partial charge in [-0.25, -0.2) is 0 Å². The first-order valence-electron chi connectivity index (χ1n) is 6.67. The molecule has 3 aromatic rings. The summed E-state index contributed by atoms with van der Waals surface area (Å²) in [5, 5.41) is 6.33. The molecule has 0 fully saturated rings. The number of nitrogens with two attached hydrogens (primary N) is 1. The summed E-state index contributed by atoms with van der Waals surface area (Å²) < 4.78 is 1.86. The van der Waals surface area contributed by atoms with Crippen LogP contribution in [0.5, 0.6) is 0 Å². The van der Waals surface area contributed by atoms with E-state index in [4.69, 9.17) is 17.4 Å². The van der Waals surface area contributed by atoms with Crippen molar-refractivity contribution >= 4 is 22.5 Å². The maximum atomic E-state index is 6.18. The average molecular weight is 302 g/mol. The van der Waals surface area contributed by atoms with Gasteiger partial charge in [0.05, 0.1) is 22.3 Å². The van der Waals surface area contributed by atoms with E-state index in [0.717, 1.165) is 22.2 Å². The van der Waals surface area contributed by atoms with E-state index in [1.54, 1.807) is 12.4 Å². The zero-order valence-corrected chi connectivity index (χ0v) is 12.4. The first-order chi connectivity index (χ1) is 10.2. The summed E-state index contributed by atoms with van der Waals surface area (Å²) in [4.78, 5) is 4.00. The lowest BCUT2D eigenvalue weighted by Gasteiger charge is -2.15. The largest absolute Gasteiger partial charge is 0.271 e. The highest BCUT2D eigenvalue weighted by atomic mass is 35.5. The normalized spacial score (nSPS) is 12.7. The average Bonchev–Trinajstić information content (AvgIpc) is 2.84. The zero-order valence-electron chi connectivity index (χ0n) is 11.6. The molecule has 0 spiro atoms. The van der Waals surface area contributed by atoms with E-state index in [0.29, 0.717) is 11.4 Å². The number of aryl methyl sites for hydroxylation is 1. The van der Waals surface area contributed by atoms with E-state index < -0.39 is 0 Å². The number of hydrogen-bond acceptors (Lipinski definition) is 4. The molecule has 0 bridgehead atoms. The third kappa shape index (κ3) is 2.63. The lowest BCUT2D eigenvalue weighted by atomic mass is 10.0. The molecule has 5 nitrogen and oxygen atoms in total. The van der Waals surface area contributed by atoms with Crippen molar-refractivity contribution in [2.24, 2.45) is 12.9 Å². The van der Waals surface area contributed by atoms with Crippen molar-refractivity contribution in [2.45, 2.75) is 12.5 Å². The Morgan fingerprint density at radius 2 is 2.14 bits per heavy atom. The summed E-state index contributed by atoms with van der Waals surface area (Å²) in [6, 6.07) is 9.88. The first-order valence-corrected chi connectivity index (χ1v) is 7.04. The van der Waals surface area contributed by atoms with Gasteiger partial charge in [-0.1, -0.05) is 29.8 Å². The second-order valence-electron chi connectivity index (χ2n) is 4.92. The number of halogens is 1. The fourth-order valence-corrected chi connectivity index (χ4v) is 2.72. The van der Waals surface area contributed by atoms with Crippen molar-refractivity contribution < 1.29 is 0 Å². The highest BCUT2D eigenvalue weighted by molar-refractivity contribution is 6.31. The number of benzene rings is 1. The molecule has 0 saturated heterocycles. The molecule has 1 aromatic carbocycles. The standard InChI is InChI=1S/C15H16ClN5/c1-21-14-5-3-2-4-11(14)15(20-21)13(19-17)8-10-6-7-18-9-12(10)16/h2-7,9,13,19H,8,17H2,1H3. The van der Waals surface area contributed by atoms with Gasteiger partial charge in [0.2, 0.25) is 0 Å². The van der Waals surface area contributed by atoms with Gasteiger partial charge in [0, 0.05) is 24.8 Å². The number of rotatable bonds is 4. The summed E-state index contributed by atoms with van der Waals surface area (Å²) >= 11 is 6.18. The molecule has 6 heteroatoms. The Kier molecular flexibility index (Phi) is 3.88. The molecule has 0 amide bonds. The minimum absolute atomic E-state index is 0.115. The molecule has 0 radical (unpaired) electrons. The second kappa shape index (κ2) is 5.81. The van der Waals surface area contributed by atoms with Gasteiger partial charge in [-0.2, -0.15) is 5.10 Å². The molecule has 2 aromatic heterocycles. The van der Waals surface area contributed by atoms with Crippen LogP contribution in [0.15, 0.2) is 42.7 Å². The molecule has 3 rings (SSSR count). The van der Waals surface area contributed by atoms with Crippen molar-refractivity contribution in [3.8, 4) is 0 Å². The first kappa shape index (κ1) is 14.0. The van der Waals surface area contributed by atoms with Crippen molar-refractivity contribution in [3.63, 3.8) is 0 Å². The van der Waals surface area contributed by atoms with E-state index >= 15 is 0 Å². The van der Waals surface area contributed by atoms with Crippen LogP contribution in [-0.4, -0.2) is 14.8 Å². The quantitative estimate of drug-likeness (QED) is 0.573. The van der Waals surface area contributed by atoms with Gasteiger partial charge < -0.3 is 0 Å². The lowest BCUT2D eigenvalue weighted by Crippen LogP contribution is -2.30. The van der Waals surface area contributed by atoms with Crippen LogP contribution in [0.25, 0.3) is 10.9 Å². The Bertz CT molecular complexity index is 768. The summed E-state index contributed by atoms with van der Waals surface area (Å²) in [5.41, 5.74) is 5.83. The number of fused-ring (bicyclic) bond motifs is 1. The van der Waals surface area contributed by atoms with E-state index in [2.05, 4.69) is 21.6 Å². The van der Waals surface area contributed by atoms with E-state index in [1.165, 1.54) is 0 Å². The van der Waals surface area contributed by atoms with Crippen LogP contribution < -0.4 is 11.3 Å². The van der Waals surface area contributed by atoms with Gasteiger partial charge in [0.1, 0.15) is 0 Å². The Labute approximate surface area is 127 Å². The Balaban J connectivity index is 2.01. The number of para-hydroxylation sites is 1. The highest BCUT2D eigenvalue weighted by Crippen LogP contribution is 2.27. The van der Waals surface area contributed by atoms with Crippen molar-refractivity contribution in [3.05, 3.63) is 59.0 Å². The number of pyridine rings is 1. The fourth-order valence-electron chi connectivity index (χ4n) is 2.52. The molecule has 1 unspecified atom stereocenters. The van der Waals surface area contributed by atoms with Crippen LogP contribution >= 0.6 is 11.6 Å². The monoisotopic (exact) mass is 301 g/mol. The van der Waals surface area contributed by atoms with Crippen LogP contribution in [0.4, 0.5) is 0 Å². The smallest absolute Gasteiger partial charge is 0.0889 e. The molecule has 1 atom stereocenters. The maximum absolute atomic E-state index is 6.18. The van der Waals surface area contributed by atoms with E-state index in [9.17, 15) is 0 Å². The topological polar surface area (TPSA) is 68.8 Å². The molecule has 3 N–H and O–H groups in total. The number of hydrogen-bond donors (Lipinski definition) is 2. The maximum Gasteiger partial charge on any atom is 0.0889 e. The van der Waals surface area contributed by atoms with Crippen LogP contribution in [0, 0.1) is 0 Å². The van der Waals surface area contributed by atoms with Crippen LogP contribution in [0.3, 0.4) is 0 Å². The van der Waals surface area contributed by atoms with Crippen LogP contribution in [-0.2, 0) is 13.5 Å². The zero-order chi connectivity index (χ0) is 14.8. The third-order valence-electron chi connectivity index (χ3n) is 3.60. The molecule has 2 heterocycles. The predicted octanol–water partition coefficient (Wildman–Crippen LogP) is 2.37. The van der Waals surface area contributed by atoms with E-state index in [1.807, 2.05) is 36.0 Å². The van der Waals surface area contributed by atoms with Gasteiger partial charge in [-0.05, 0) is 24.1 Å². The summed E-state index contributed by atoms with van der Waals surface area (Å²) in [6.45, 7) is 0. The van der Waals surface area contributed by atoms with E-state index in [-0.39, 0.29) is 6.04 Å². The van der Waals surface area contributed by atoms with Crippen molar-refractivity contribution in [1.82, 2.24) is 20.2 Å².